The van der Waals surface area contributed by atoms with Crippen molar-refractivity contribution in [3.8, 4) is 11.5 Å². The molecule has 30 heavy (non-hydrogen) atoms. The Hall–Kier alpha value is -2.64. The van der Waals surface area contributed by atoms with Crippen molar-refractivity contribution >= 4 is 23.4 Å². The van der Waals surface area contributed by atoms with Crippen molar-refractivity contribution < 1.29 is 4.42 Å². The highest BCUT2D eigenvalue weighted by atomic mass is 35.5. The molecule has 0 unspecified atom stereocenters. The molecule has 0 N–H and O–H groups in total. The van der Waals surface area contributed by atoms with Crippen LogP contribution in [-0.2, 0) is 6.54 Å². The second kappa shape index (κ2) is 8.24. The Morgan fingerprint density at radius 3 is 2.67 bits per heavy atom. The Bertz CT molecular complexity index is 1160. The van der Waals surface area contributed by atoms with E-state index >= 15 is 0 Å². The first-order chi connectivity index (χ1) is 14.7. The molecule has 2 aromatic heterocycles. The predicted molar refractivity (Wildman–Crippen MR) is 117 cm³/mol. The number of hydrogen-bond donors (Lipinski definition) is 0. The van der Waals surface area contributed by atoms with Gasteiger partial charge >= 0.3 is 0 Å². The standard InChI is InChI=1S/C22H20ClN5OS/c1-14(20-25-26-21(29-20)17-8-5-9-18(23)12-17)30-22-27-24-19(16-10-11-16)28(22)13-15-6-3-2-4-7-15/h2-9,12,14,16H,10-11,13H2,1H3/t14-/m1/s1. The Balaban J connectivity index is 1.38. The molecule has 1 saturated carbocycles. The summed E-state index contributed by atoms with van der Waals surface area (Å²) >= 11 is 7.66. The van der Waals surface area contributed by atoms with Crippen LogP contribution in [0.2, 0.25) is 5.02 Å². The van der Waals surface area contributed by atoms with Crippen LogP contribution in [0, 0.1) is 0 Å². The lowest BCUT2D eigenvalue weighted by Crippen LogP contribution is -2.06. The summed E-state index contributed by atoms with van der Waals surface area (Å²) < 4.78 is 8.15. The number of benzene rings is 2. The van der Waals surface area contributed by atoms with E-state index in [4.69, 9.17) is 16.0 Å². The van der Waals surface area contributed by atoms with Gasteiger partial charge in [0.2, 0.25) is 11.8 Å². The SMILES string of the molecule is C[C@@H](Sc1nnc(C2CC2)n1Cc1ccccc1)c1nnc(-c2cccc(Cl)c2)o1. The van der Waals surface area contributed by atoms with Gasteiger partial charge in [0.15, 0.2) is 5.16 Å². The molecule has 1 atom stereocenters. The van der Waals surface area contributed by atoms with Crippen molar-refractivity contribution in [1.82, 2.24) is 25.0 Å². The molecule has 0 amide bonds. The highest BCUT2D eigenvalue weighted by molar-refractivity contribution is 7.99. The van der Waals surface area contributed by atoms with Crippen LogP contribution in [0.4, 0.5) is 0 Å². The Labute approximate surface area is 183 Å². The largest absolute Gasteiger partial charge is 0.419 e. The second-order valence-electron chi connectivity index (χ2n) is 7.40. The quantitative estimate of drug-likeness (QED) is 0.342. The summed E-state index contributed by atoms with van der Waals surface area (Å²) in [7, 11) is 0. The zero-order valence-corrected chi connectivity index (χ0v) is 18.0. The van der Waals surface area contributed by atoms with Gasteiger partial charge in [-0.3, -0.25) is 0 Å². The molecule has 1 aliphatic carbocycles. The van der Waals surface area contributed by atoms with E-state index in [1.807, 2.05) is 37.3 Å². The number of thioether (sulfide) groups is 1. The molecule has 4 aromatic rings. The van der Waals surface area contributed by atoms with Gasteiger partial charge in [-0.1, -0.05) is 59.8 Å². The molecule has 2 aromatic carbocycles. The monoisotopic (exact) mass is 437 g/mol. The van der Waals surface area contributed by atoms with Crippen LogP contribution in [0.15, 0.2) is 64.2 Å². The van der Waals surface area contributed by atoms with Gasteiger partial charge in [0, 0.05) is 16.5 Å². The van der Waals surface area contributed by atoms with Crippen molar-refractivity contribution in [2.75, 3.05) is 0 Å². The van der Waals surface area contributed by atoms with Crippen LogP contribution < -0.4 is 0 Å². The molecule has 8 heteroatoms. The summed E-state index contributed by atoms with van der Waals surface area (Å²) in [6, 6.07) is 17.8. The predicted octanol–water partition coefficient (Wildman–Crippen LogP) is 5.76. The topological polar surface area (TPSA) is 69.6 Å². The minimum absolute atomic E-state index is 0.0591. The van der Waals surface area contributed by atoms with Crippen LogP contribution in [0.1, 0.15) is 48.2 Å². The fourth-order valence-electron chi connectivity index (χ4n) is 3.29. The van der Waals surface area contributed by atoms with Gasteiger partial charge in [0.1, 0.15) is 5.82 Å². The highest BCUT2D eigenvalue weighted by Crippen LogP contribution is 2.42. The molecular formula is C22H20ClN5OS. The lowest BCUT2D eigenvalue weighted by Gasteiger charge is -2.11. The molecule has 6 nitrogen and oxygen atoms in total. The molecule has 1 fully saturated rings. The van der Waals surface area contributed by atoms with Crippen molar-refractivity contribution in [2.45, 2.75) is 42.6 Å². The van der Waals surface area contributed by atoms with Gasteiger partial charge in [-0.05, 0) is 43.5 Å². The summed E-state index contributed by atoms with van der Waals surface area (Å²) in [5, 5.41) is 18.9. The summed E-state index contributed by atoms with van der Waals surface area (Å²) in [6.45, 7) is 2.80. The van der Waals surface area contributed by atoms with Crippen molar-refractivity contribution in [2.24, 2.45) is 0 Å². The van der Waals surface area contributed by atoms with Crippen LogP contribution in [-0.4, -0.2) is 25.0 Å². The Morgan fingerprint density at radius 1 is 1.07 bits per heavy atom. The van der Waals surface area contributed by atoms with Crippen LogP contribution in [0.25, 0.3) is 11.5 Å². The van der Waals surface area contributed by atoms with Crippen LogP contribution in [0.3, 0.4) is 0 Å². The van der Waals surface area contributed by atoms with Gasteiger partial charge in [0.05, 0.1) is 11.8 Å². The first-order valence-electron chi connectivity index (χ1n) is 9.90. The summed E-state index contributed by atoms with van der Waals surface area (Å²) in [6.07, 6.45) is 2.36. The molecule has 0 bridgehead atoms. The number of hydrogen-bond acceptors (Lipinski definition) is 6. The van der Waals surface area contributed by atoms with Gasteiger partial charge in [-0.2, -0.15) is 0 Å². The molecule has 2 heterocycles. The molecule has 1 aliphatic rings. The highest BCUT2D eigenvalue weighted by Gasteiger charge is 2.31. The van der Waals surface area contributed by atoms with Crippen molar-refractivity contribution in [3.63, 3.8) is 0 Å². The molecule has 0 saturated heterocycles. The average Bonchev–Trinajstić information content (AvgIpc) is 3.34. The maximum absolute atomic E-state index is 6.08. The summed E-state index contributed by atoms with van der Waals surface area (Å²) in [5.74, 6) is 2.60. The van der Waals surface area contributed by atoms with E-state index in [-0.39, 0.29) is 5.25 Å². The van der Waals surface area contributed by atoms with Gasteiger partial charge < -0.3 is 8.98 Å². The van der Waals surface area contributed by atoms with Gasteiger partial charge in [-0.25, -0.2) is 0 Å². The lowest BCUT2D eigenvalue weighted by molar-refractivity contribution is 0.508. The third kappa shape index (κ3) is 4.13. The lowest BCUT2D eigenvalue weighted by atomic mass is 10.2. The molecule has 0 aliphatic heterocycles. The first kappa shape index (κ1) is 19.3. The third-order valence-corrected chi connectivity index (χ3v) is 6.32. The van der Waals surface area contributed by atoms with E-state index in [9.17, 15) is 0 Å². The normalized spacial score (nSPS) is 14.7. The fourth-order valence-corrected chi connectivity index (χ4v) is 4.37. The smallest absolute Gasteiger partial charge is 0.247 e. The fraction of sp³-hybridized carbons (Fsp3) is 0.273. The molecule has 152 valence electrons. The minimum Gasteiger partial charge on any atom is -0.419 e. The maximum Gasteiger partial charge on any atom is 0.247 e. The molecule has 0 radical (unpaired) electrons. The average molecular weight is 438 g/mol. The van der Waals surface area contributed by atoms with Crippen molar-refractivity contribution in [3.05, 3.63) is 76.9 Å². The molecule has 5 rings (SSSR count). The van der Waals surface area contributed by atoms with E-state index in [2.05, 4.69) is 49.2 Å². The zero-order valence-electron chi connectivity index (χ0n) is 16.4. The summed E-state index contributed by atoms with van der Waals surface area (Å²) in [5.41, 5.74) is 2.04. The van der Waals surface area contributed by atoms with Crippen molar-refractivity contribution in [1.29, 1.82) is 0 Å². The van der Waals surface area contributed by atoms with E-state index in [0.717, 1.165) is 23.1 Å². The first-order valence-corrected chi connectivity index (χ1v) is 11.2. The van der Waals surface area contributed by atoms with Gasteiger partial charge in [0.25, 0.3) is 0 Å². The third-order valence-electron chi connectivity index (χ3n) is 5.01. The maximum atomic E-state index is 6.08. The number of aromatic nitrogens is 5. The Kier molecular flexibility index (Phi) is 5.31. The number of halogens is 1. The minimum atomic E-state index is -0.0591. The number of nitrogens with zero attached hydrogens (tertiary/aromatic N) is 5. The molecule has 0 spiro atoms. The zero-order chi connectivity index (χ0) is 20.5. The van der Waals surface area contributed by atoms with Crippen LogP contribution >= 0.6 is 23.4 Å². The molecular weight excluding hydrogens is 418 g/mol. The van der Waals surface area contributed by atoms with E-state index in [1.54, 1.807) is 11.8 Å². The number of rotatable bonds is 7. The van der Waals surface area contributed by atoms with E-state index in [1.165, 1.54) is 18.4 Å². The van der Waals surface area contributed by atoms with Crippen LogP contribution in [0.5, 0.6) is 0 Å². The van der Waals surface area contributed by atoms with E-state index < -0.39 is 0 Å². The van der Waals surface area contributed by atoms with Gasteiger partial charge in [-0.15, -0.1) is 20.4 Å². The van der Waals surface area contributed by atoms with E-state index in [0.29, 0.717) is 22.7 Å². The second-order valence-corrected chi connectivity index (χ2v) is 9.15. The summed E-state index contributed by atoms with van der Waals surface area (Å²) in [4.78, 5) is 0. The Morgan fingerprint density at radius 2 is 1.90 bits per heavy atom.